The van der Waals surface area contributed by atoms with Crippen molar-refractivity contribution >= 4 is 5.69 Å². The molecule has 0 bridgehead atoms. The van der Waals surface area contributed by atoms with Gasteiger partial charge in [-0.25, -0.2) is 0 Å². The largest absolute Gasteiger partial charge is 0.373 e. The van der Waals surface area contributed by atoms with Gasteiger partial charge in [0.25, 0.3) is 0 Å². The van der Waals surface area contributed by atoms with Crippen LogP contribution in [0.4, 0.5) is 5.69 Å². The van der Waals surface area contributed by atoms with Gasteiger partial charge in [0, 0.05) is 19.3 Å². The van der Waals surface area contributed by atoms with E-state index in [1.54, 1.807) is 0 Å². The Kier molecular flexibility index (Phi) is 4.37. The number of anilines is 1. The smallest absolute Gasteiger partial charge is 0.0677 e. The highest BCUT2D eigenvalue weighted by Crippen LogP contribution is 2.20. The molecule has 1 aromatic rings. The summed E-state index contributed by atoms with van der Waals surface area (Å²) in [7, 11) is 2.05. The molecule has 0 aliphatic carbocycles. The van der Waals surface area contributed by atoms with Crippen LogP contribution in [0.15, 0.2) is 24.3 Å². The molecular formula is C14H20N2. The molecule has 1 atom stereocenters. The molecule has 86 valence electrons. The van der Waals surface area contributed by atoms with Gasteiger partial charge in [-0.1, -0.05) is 32.0 Å². The molecule has 0 aromatic heterocycles. The lowest BCUT2D eigenvalue weighted by molar-refractivity contribution is 0.477. The first kappa shape index (κ1) is 12.6. The first-order chi connectivity index (χ1) is 7.56. The predicted octanol–water partition coefficient (Wildman–Crippen LogP) is 3.23. The number of aryl methyl sites for hydroxylation is 1. The van der Waals surface area contributed by atoms with E-state index in [-0.39, 0.29) is 5.92 Å². The summed E-state index contributed by atoms with van der Waals surface area (Å²) in [6, 6.07) is 10.7. The number of para-hydroxylation sites is 1. The highest BCUT2D eigenvalue weighted by Gasteiger charge is 2.15. The van der Waals surface area contributed by atoms with Crippen LogP contribution in [-0.4, -0.2) is 13.6 Å². The average Bonchev–Trinajstić information content (AvgIpc) is 2.25. The van der Waals surface area contributed by atoms with Crippen molar-refractivity contribution in [1.29, 1.82) is 5.26 Å². The van der Waals surface area contributed by atoms with E-state index in [9.17, 15) is 0 Å². The van der Waals surface area contributed by atoms with Crippen molar-refractivity contribution in [2.24, 2.45) is 11.8 Å². The summed E-state index contributed by atoms with van der Waals surface area (Å²) in [6.07, 6.45) is 0. The van der Waals surface area contributed by atoms with Crippen LogP contribution >= 0.6 is 0 Å². The number of hydrogen-bond acceptors (Lipinski definition) is 2. The van der Waals surface area contributed by atoms with Gasteiger partial charge in [0.2, 0.25) is 0 Å². The second kappa shape index (κ2) is 5.55. The average molecular weight is 216 g/mol. The lowest BCUT2D eigenvalue weighted by atomic mass is 9.97. The molecule has 0 fully saturated rings. The highest BCUT2D eigenvalue weighted by molar-refractivity contribution is 5.52. The fraction of sp³-hybridized carbons (Fsp3) is 0.500. The minimum Gasteiger partial charge on any atom is -0.373 e. The molecule has 1 aromatic carbocycles. The molecule has 0 saturated carbocycles. The predicted molar refractivity (Wildman–Crippen MR) is 68.4 cm³/mol. The zero-order chi connectivity index (χ0) is 12.1. The number of benzene rings is 1. The zero-order valence-corrected chi connectivity index (χ0v) is 10.6. The van der Waals surface area contributed by atoms with Crippen LogP contribution in [0.5, 0.6) is 0 Å². The molecule has 0 radical (unpaired) electrons. The van der Waals surface area contributed by atoms with Gasteiger partial charge in [-0.2, -0.15) is 5.26 Å². The standard InChI is InChI=1S/C14H20N2/c1-11(2)13(9-15)10-16(4)14-8-6-5-7-12(14)3/h5-8,11,13H,10H2,1-4H3. The van der Waals surface area contributed by atoms with Crippen LogP contribution in [0.1, 0.15) is 19.4 Å². The van der Waals surface area contributed by atoms with E-state index in [2.05, 4.69) is 50.9 Å². The lowest BCUT2D eigenvalue weighted by Crippen LogP contribution is -2.27. The molecule has 0 spiro atoms. The molecule has 0 heterocycles. The van der Waals surface area contributed by atoms with Crippen LogP contribution in [0.25, 0.3) is 0 Å². The fourth-order valence-electron chi connectivity index (χ4n) is 1.79. The Labute approximate surface area is 98.5 Å². The lowest BCUT2D eigenvalue weighted by Gasteiger charge is -2.25. The van der Waals surface area contributed by atoms with Crippen molar-refractivity contribution in [3.8, 4) is 6.07 Å². The Morgan fingerprint density at radius 2 is 1.94 bits per heavy atom. The maximum Gasteiger partial charge on any atom is 0.0677 e. The molecule has 1 unspecified atom stereocenters. The molecule has 0 aliphatic rings. The second-order valence-corrected chi connectivity index (χ2v) is 4.65. The van der Waals surface area contributed by atoms with Crippen LogP contribution in [0.3, 0.4) is 0 Å². The fourth-order valence-corrected chi connectivity index (χ4v) is 1.79. The van der Waals surface area contributed by atoms with E-state index < -0.39 is 0 Å². The van der Waals surface area contributed by atoms with E-state index in [4.69, 9.17) is 5.26 Å². The van der Waals surface area contributed by atoms with Crippen molar-refractivity contribution in [2.45, 2.75) is 20.8 Å². The summed E-state index contributed by atoms with van der Waals surface area (Å²) in [4.78, 5) is 2.17. The van der Waals surface area contributed by atoms with Gasteiger partial charge in [-0.15, -0.1) is 0 Å². The maximum absolute atomic E-state index is 9.08. The van der Waals surface area contributed by atoms with Gasteiger partial charge >= 0.3 is 0 Å². The Bertz CT molecular complexity index is 377. The molecule has 2 nitrogen and oxygen atoms in total. The highest BCUT2D eigenvalue weighted by atomic mass is 15.1. The van der Waals surface area contributed by atoms with Gasteiger partial charge in [-0.3, -0.25) is 0 Å². The van der Waals surface area contributed by atoms with E-state index in [0.717, 1.165) is 6.54 Å². The third kappa shape index (κ3) is 3.00. The molecule has 0 aliphatic heterocycles. The normalized spacial score (nSPS) is 12.2. The summed E-state index contributed by atoms with van der Waals surface area (Å²) in [5.41, 5.74) is 2.47. The van der Waals surface area contributed by atoms with Gasteiger partial charge in [0.05, 0.1) is 12.0 Å². The Balaban J connectivity index is 2.77. The van der Waals surface area contributed by atoms with Crippen molar-refractivity contribution in [1.82, 2.24) is 0 Å². The molecule has 2 heteroatoms. The van der Waals surface area contributed by atoms with Gasteiger partial charge in [0.1, 0.15) is 0 Å². The minimum absolute atomic E-state index is 0.0876. The first-order valence-electron chi connectivity index (χ1n) is 5.72. The first-order valence-corrected chi connectivity index (χ1v) is 5.72. The van der Waals surface area contributed by atoms with Gasteiger partial charge < -0.3 is 4.90 Å². The summed E-state index contributed by atoms with van der Waals surface area (Å²) in [5.74, 6) is 0.487. The van der Waals surface area contributed by atoms with Crippen LogP contribution in [-0.2, 0) is 0 Å². The number of nitrogens with zero attached hydrogens (tertiary/aromatic N) is 2. The monoisotopic (exact) mass is 216 g/mol. The summed E-state index contributed by atoms with van der Waals surface area (Å²) in [5, 5.41) is 9.08. The molecule has 1 rings (SSSR count). The summed E-state index contributed by atoms with van der Waals surface area (Å²) >= 11 is 0. The Hall–Kier alpha value is -1.49. The van der Waals surface area contributed by atoms with Crippen LogP contribution < -0.4 is 4.90 Å². The van der Waals surface area contributed by atoms with Crippen molar-refractivity contribution in [3.05, 3.63) is 29.8 Å². The van der Waals surface area contributed by atoms with Crippen molar-refractivity contribution in [3.63, 3.8) is 0 Å². The SMILES string of the molecule is Cc1ccccc1N(C)CC(C#N)C(C)C. The molecule has 0 N–H and O–H groups in total. The third-order valence-corrected chi connectivity index (χ3v) is 2.97. The van der Waals surface area contributed by atoms with Crippen LogP contribution in [0.2, 0.25) is 0 Å². The molecular weight excluding hydrogens is 196 g/mol. The van der Waals surface area contributed by atoms with E-state index in [0.29, 0.717) is 5.92 Å². The quantitative estimate of drug-likeness (QED) is 0.772. The summed E-state index contributed by atoms with van der Waals surface area (Å²) < 4.78 is 0. The zero-order valence-electron chi connectivity index (χ0n) is 10.6. The minimum atomic E-state index is 0.0876. The van der Waals surface area contributed by atoms with Crippen LogP contribution in [0, 0.1) is 30.1 Å². The molecule has 0 amide bonds. The third-order valence-electron chi connectivity index (χ3n) is 2.97. The topological polar surface area (TPSA) is 27.0 Å². The maximum atomic E-state index is 9.08. The number of hydrogen-bond donors (Lipinski definition) is 0. The Morgan fingerprint density at radius 1 is 1.31 bits per heavy atom. The summed E-state index contributed by atoms with van der Waals surface area (Å²) in [6.45, 7) is 7.08. The van der Waals surface area contributed by atoms with Gasteiger partial charge in [0.15, 0.2) is 0 Å². The van der Waals surface area contributed by atoms with Crippen molar-refractivity contribution < 1.29 is 0 Å². The molecule has 16 heavy (non-hydrogen) atoms. The Morgan fingerprint density at radius 3 is 2.44 bits per heavy atom. The number of rotatable bonds is 4. The van der Waals surface area contributed by atoms with Crippen molar-refractivity contribution in [2.75, 3.05) is 18.5 Å². The van der Waals surface area contributed by atoms with E-state index in [1.807, 2.05) is 12.1 Å². The number of nitriles is 1. The molecule has 0 saturated heterocycles. The van der Waals surface area contributed by atoms with E-state index in [1.165, 1.54) is 11.3 Å². The second-order valence-electron chi connectivity index (χ2n) is 4.65. The van der Waals surface area contributed by atoms with E-state index >= 15 is 0 Å². The van der Waals surface area contributed by atoms with Gasteiger partial charge in [-0.05, 0) is 24.5 Å².